The fraction of sp³-hybridized carbons (Fsp3) is 0.357. The predicted molar refractivity (Wildman–Crippen MR) is 77.5 cm³/mol. The number of carbonyl (C=O) groups is 1. The van der Waals surface area contributed by atoms with E-state index in [4.69, 9.17) is 0 Å². The number of nitrogens with zero attached hydrogens (tertiary/aromatic N) is 1. The summed E-state index contributed by atoms with van der Waals surface area (Å²) in [5.74, 6) is -0.879. The summed E-state index contributed by atoms with van der Waals surface area (Å²) in [5, 5.41) is 0.851. The number of sulfonamides is 1. The van der Waals surface area contributed by atoms with Gasteiger partial charge in [0.15, 0.2) is 0 Å². The van der Waals surface area contributed by atoms with E-state index in [9.17, 15) is 17.6 Å². The summed E-state index contributed by atoms with van der Waals surface area (Å²) in [6.07, 6.45) is 0.680. The first-order valence-corrected chi connectivity index (χ1v) is 8.13. The van der Waals surface area contributed by atoms with Crippen molar-refractivity contribution < 1.29 is 17.6 Å². The molecule has 1 N–H and O–H groups in total. The lowest BCUT2D eigenvalue weighted by atomic mass is 10.1. The van der Waals surface area contributed by atoms with Gasteiger partial charge in [-0.25, -0.2) is 17.5 Å². The minimum absolute atomic E-state index is 0.0236. The van der Waals surface area contributed by atoms with Crippen LogP contribution in [0.4, 0.5) is 4.39 Å². The van der Waals surface area contributed by atoms with Crippen LogP contribution in [0.1, 0.15) is 16.8 Å². The number of hydrogen-bond donors (Lipinski definition) is 1. The van der Waals surface area contributed by atoms with Crippen molar-refractivity contribution in [1.82, 2.24) is 9.62 Å². The highest BCUT2D eigenvalue weighted by Crippen LogP contribution is 2.19. The fourth-order valence-electron chi connectivity index (χ4n) is 2.28. The predicted octanol–water partition coefficient (Wildman–Crippen LogP) is 1.35. The molecule has 5 nitrogen and oxygen atoms in total. The van der Waals surface area contributed by atoms with Gasteiger partial charge in [0.05, 0.1) is 5.56 Å². The van der Waals surface area contributed by atoms with Gasteiger partial charge in [-0.15, -0.1) is 0 Å². The zero-order chi connectivity index (χ0) is 15.5. The minimum Gasteiger partial charge on any atom is -0.338 e. The molecule has 1 aromatic rings. The molecule has 2 rings (SSSR count). The normalized spacial score (nSPS) is 18.7. The Kier molecular flexibility index (Phi) is 4.74. The Morgan fingerprint density at radius 2 is 2.19 bits per heavy atom. The third kappa shape index (κ3) is 3.89. The monoisotopic (exact) mass is 312 g/mol. The molecule has 1 unspecified atom stereocenters. The highest BCUT2D eigenvalue weighted by Gasteiger charge is 2.28. The van der Waals surface area contributed by atoms with Crippen molar-refractivity contribution in [1.29, 1.82) is 0 Å². The zero-order valence-corrected chi connectivity index (χ0v) is 12.3. The molecule has 1 atom stereocenters. The molecule has 0 radical (unpaired) electrons. The van der Waals surface area contributed by atoms with Crippen molar-refractivity contribution in [2.24, 2.45) is 5.92 Å². The van der Waals surface area contributed by atoms with Crippen LogP contribution in [0.5, 0.6) is 0 Å². The molecule has 114 valence electrons. The first kappa shape index (κ1) is 15.7. The Hall–Kier alpha value is -1.73. The molecule has 7 heteroatoms. The van der Waals surface area contributed by atoms with Crippen LogP contribution in [0.3, 0.4) is 0 Å². The summed E-state index contributed by atoms with van der Waals surface area (Å²) >= 11 is 0. The van der Waals surface area contributed by atoms with Crippen LogP contribution >= 0.6 is 0 Å². The highest BCUT2D eigenvalue weighted by molar-refractivity contribution is 7.92. The lowest BCUT2D eigenvalue weighted by Gasteiger charge is -2.17. The van der Waals surface area contributed by atoms with Gasteiger partial charge in [0, 0.05) is 25.0 Å². The van der Waals surface area contributed by atoms with Gasteiger partial charge < -0.3 is 4.90 Å². The molecular formula is C14H17FN2O3S. The molecule has 1 aliphatic heterocycles. The zero-order valence-electron chi connectivity index (χ0n) is 11.5. The first-order chi connectivity index (χ1) is 9.93. The molecular weight excluding hydrogens is 295 g/mol. The SMILES string of the molecule is C=CS(=O)(=O)NCC1CCN(C(=O)c2ccccc2F)C1. The maximum Gasteiger partial charge on any atom is 0.256 e. The second-order valence-electron chi connectivity index (χ2n) is 4.95. The van der Waals surface area contributed by atoms with Crippen LogP contribution in [-0.2, 0) is 10.0 Å². The number of nitrogens with one attached hydrogen (secondary N) is 1. The molecule has 0 bridgehead atoms. The summed E-state index contributed by atoms with van der Waals surface area (Å²) in [5.41, 5.74) is 0.0461. The molecule has 1 amide bonds. The quantitative estimate of drug-likeness (QED) is 0.892. The van der Waals surface area contributed by atoms with E-state index in [1.165, 1.54) is 18.2 Å². The van der Waals surface area contributed by atoms with Gasteiger partial charge in [0.2, 0.25) is 10.0 Å². The van der Waals surface area contributed by atoms with Gasteiger partial charge >= 0.3 is 0 Å². The number of halogens is 1. The molecule has 1 saturated heterocycles. The van der Waals surface area contributed by atoms with Crippen LogP contribution in [-0.4, -0.2) is 38.9 Å². The van der Waals surface area contributed by atoms with Gasteiger partial charge in [-0.2, -0.15) is 0 Å². The average molecular weight is 312 g/mol. The lowest BCUT2D eigenvalue weighted by molar-refractivity contribution is 0.0783. The summed E-state index contributed by atoms with van der Waals surface area (Å²) in [6.45, 7) is 4.36. The van der Waals surface area contributed by atoms with Crippen molar-refractivity contribution in [2.45, 2.75) is 6.42 Å². The Morgan fingerprint density at radius 1 is 1.48 bits per heavy atom. The van der Waals surface area contributed by atoms with Gasteiger partial charge in [-0.05, 0) is 24.5 Å². The molecule has 1 aliphatic rings. The van der Waals surface area contributed by atoms with Crippen LogP contribution in [0.2, 0.25) is 0 Å². The molecule has 1 fully saturated rings. The van der Waals surface area contributed by atoms with Crippen LogP contribution in [0.25, 0.3) is 0 Å². The van der Waals surface area contributed by atoms with E-state index in [1.807, 2.05) is 0 Å². The number of hydrogen-bond acceptors (Lipinski definition) is 3. The van der Waals surface area contributed by atoms with Gasteiger partial charge in [0.25, 0.3) is 5.91 Å². The third-order valence-corrected chi connectivity index (χ3v) is 4.48. The molecule has 0 aliphatic carbocycles. The standard InChI is InChI=1S/C14H17FN2O3S/c1-2-21(19,20)16-9-11-7-8-17(10-11)14(18)12-5-3-4-6-13(12)15/h2-6,11,16H,1,7-10H2. The second-order valence-corrected chi connectivity index (χ2v) is 6.66. The number of benzene rings is 1. The molecule has 21 heavy (non-hydrogen) atoms. The first-order valence-electron chi connectivity index (χ1n) is 6.59. The van der Waals surface area contributed by atoms with E-state index >= 15 is 0 Å². The topological polar surface area (TPSA) is 66.5 Å². The Labute approximate surface area is 123 Å². The lowest BCUT2D eigenvalue weighted by Crippen LogP contribution is -2.32. The number of carbonyl (C=O) groups excluding carboxylic acids is 1. The molecule has 0 aromatic heterocycles. The van der Waals surface area contributed by atoms with Gasteiger partial charge in [0.1, 0.15) is 5.82 Å². The van der Waals surface area contributed by atoms with Crippen LogP contribution < -0.4 is 4.72 Å². The van der Waals surface area contributed by atoms with Crippen molar-refractivity contribution in [2.75, 3.05) is 19.6 Å². The number of rotatable bonds is 5. The summed E-state index contributed by atoms with van der Waals surface area (Å²) < 4.78 is 38.6. The van der Waals surface area contributed by atoms with Crippen molar-refractivity contribution in [3.8, 4) is 0 Å². The Bertz CT molecular complexity index is 645. The summed E-state index contributed by atoms with van der Waals surface area (Å²) in [7, 11) is -3.45. The summed E-state index contributed by atoms with van der Waals surface area (Å²) in [6, 6.07) is 5.84. The number of likely N-dealkylation sites (tertiary alicyclic amines) is 1. The highest BCUT2D eigenvalue weighted by atomic mass is 32.2. The van der Waals surface area contributed by atoms with Gasteiger partial charge in [-0.1, -0.05) is 18.7 Å². The Morgan fingerprint density at radius 3 is 2.86 bits per heavy atom. The van der Waals surface area contributed by atoms with Gasteiger partial charge in [-0.3, -0.25) is 4.79 Å². The maximum absolute atomic E-state index is 13.6. The molecule has 0 spiro atoms. The fourth-order valence-corrected chi connectivity index (χ4v) is 2.87. The molecule has 1 heterocycles. The number of amides is 1. The van der Waals surface area contributed by atoms with E-state index in [0.29, 0.717) is 19.5 Å². The van der Waals surface area contributed by atoms with E-state index in [2.05, 4.69) is 11.3 Å². The third-order valence-electron chi connectivity index (χ3n) is 3.47. The van der Waals surface area contributed by atoms with Crippen LogP contribution in [0.15, 0.2) is 36.3 Å². The maximum atomic E-state index is 13.6. The van der Waals surface area contributed by atoms with E-state index in [0.717, 1.165) is 5.41 Å². The van der Waals surface area contributed by atoms with E-state index in [1.54, 1.807) is 11.0 Å². The van der Waals surface area contributed by atoms with Crippen molar-refractivity contribution >= 4 is 15.9 Å². The van der Waals surface area contributed by atoms with Crippen LogP contribution in [0, 0.1) is 11.7 Å². The average Bonchev–Trinajstić information content (AvgIpc) is 2.94. The largest absolute Gasteiger partial charge is 0.338 e. The van der Waals surface area contributed by atoms with E-state index < -0.39 is 15.8 Å². The second kappa shape index (κ2) is 6.36. The van der Waals surface area contributed by atoms with Crippen molar-refractivity contribution in [3.63, 3.8) is 0 Å². The summed E-state index contributed by atoms with van der Waals surface area (Å²) in [4.78, 5) is 13.7. The molecule has 0 saturated carbocycles. The van der Waals surface area contributed by atoms with E-state index in [-0.39, 0.29) is 23.9 Å². The molecule has 1 aromatic carbocycles. The van der Waals surface area contributed by atoms with Crippen molar-refractivity contribution in [3.05, 3.63) is 47.6 Å². The smallest absolute Gasteiger partial charge is 0.256 e. The minimum atomic E-state index is -3.45. The Balaban J connectivity index is 1.95.